The van der Waals surface area contributed by atoms with Gasteiger partial charge in [0.15, 0.2) is 5.82 Å². The van der Waals surface area contributed by atoms with Gasteiger partial charge in [0.2, 0.25) is 11.8 Å². The molecular formula is C40H36N6O6. The summed E-state index contributed by atoms with van der Waals surface area (Å²) in [4.78, 5) is 55.5. The Hall–Kier alpha value is -6.30. The minimum atomic E-state index is -0.986. The molecule has 5 aromatic rings. The predicted molar refractivity (Wildman–Crippen MR) is 191 cm³/mol. The molecule has 1 atom stereocenters. The van der Waals surface area contributed by atoms with Gasteiger partial charge >= 0.3 is 0 Å². The number of carbonyl (C=O) groups is 4. The van der Waals surface area contributed by atoms with Gasteiger partial charge in [0.05, 0.1) is 17.3 Å². The van der Waals surface area contributed by atoms with Crippen LogP contribution < -0.4 is 20.1 Å². The molecule has 2 aromatic heterocycles. The maximum Gasteiger partial charge on any atom is 0.262 e. The summed E-state index contributed by atoms with van der Waals surface area (Å²) in [6.45, 7) is 4.38. The molecule has 2 aliphatic heterocycles. The number of benzene rings is 3. The summed E-state index contributed by atoms with van der Waals surface area (Å²) >= 11 is 0. The van der Waals surface area contributed by atoms with Crippen LogP contribution in [0.15, 0.2) is 104 Å². The van der Waals surface area contributed by atoms with Crippen LogP contribution in [0.25, 0.3) is 5.82 Å². The quantitative estimate of drug-likeness (QED) is 0.173. The number of imide groups is 2. The normalized spacial score (nSPS) is 19.9. The Balaban J connectivity index is 0.831. The molecule has 1 saturated carbocycles. The van der Waals surface area contributed by atoms with Crippen LogP contribution in [0.1, 0.15) is 71.4 Å². The van der Waals surface area contributed by atoms with Gasteiger partial charge in [-0.05, 0) is 78.2 Å². The number of pyridine rings is 1. The molecule has 12 heteroatoms. The molecule has 3 aromatic carbocycles. The second-order valence-electron chi connectivity index (χ2n) is 13.8. The molecule has 1 aliphatic carbocycles. The molecule has 3 aliphatic rings. The van der Waals surface area contributed by atoms with Gasteiger partial charge in [-0.1, -0.05) is 38.1 Å². The number of ether oxygens (including phenoxy) is 2. The van der Waals surface area contributed by atoms with Crippen LogP contribution in [0.2, 0.25) is 0 Å². The predicted octanol–water partition coefficient (Wildman–Crippen LogP) is 5.81. The number of amides is 4. The first-order valence-corrected chi connectivity index (χ1v) is 17.3. The second kappa shape index (κ2) is 13.1. The lowest BCUT2D eigenvalue weighted by atomic mass is 9.78. The fraction of sp³-hybridized carbons (Fsp3) is 0.250. The number of hydrogen-bond donors (Lipinski definition) is 2. The lowest BCUT2D eigenvalue weighted by Crippen LogP contribution is -2.54. The third kappa shape index (κ3) is 6.27. The van der Waals surface area contributed by atoms with Crippen molar-refractivity contribution in [3.63, 3.8) is 0 Å². The van der Waals surface area contributed by atoms with Gasteiger partial charge in [-0.2, -0.15) is 5.10 Å². The minimum absolute atomic E-state index is 0.0431. The van der Waals surface area contributed by atoms with Gasteiger partial charge in [0.1, 0.15) is 29.4 Å². The summed E-state index contributed by atoms with van der Waals surface area (Å²) < 4.78 is 14.0. The van der Waals surface area contributed by atoms with Crippen molar-refractivity contribution in [3.05, 3.63) is 126 Å². The van der Waals surface area contributed by atoms with E-state index in [0.717, 1.165) is 51.9 Å². The fourth-order valence-corrected chi connectivity index (χ4v) is 6.93. The summed E-state index contributed by atoms with van der Waals surface area (Å²) in [5.74, 6) is 0.824. The van der Waals surface area contributed by atoms with E-state index in [1.165, 1.54) is 0 Å². The molecule has 12 nitrogen and oxygen atoms in total. The maximum atomic E-state index is 13.2. The lowest BCUT2D eigenvalue weighted by Gasteiger charge is -2.36. The van der Waals surface area contributed by atoms with Gasteiger partial charge in [-0.3, -0.25) is 29.4 Å². The van der Waals surface area contributed by atoms with Crippen molar-refractivity contribution in [1.29, 1.82) is 0 Å². The van der Waals surface area contributed by atoms with E-state index in [2.05, 4.69) is 58.8 Å². The van der Waals surface area contributed by atoms with Crippen molar-refractivity contribution in [2.45, 2.75) is 63.1 Å². The zero-order chi connectivity index (χ0) is 36.0. The molecule has 0 bridgehead atoms. The van der Waals surface area contributed by atoms with Gasteiger partial charge in [-0.15, -0.1) is 0 Å². The summed E-state index contributed by atoms with van der Waals surface area (Å²) in [6.07, 6.45) is 7.03. The third-order valence-electron chi connectivity index (χ3n) is 10.1. The molecule has 8 rings (SSSR count). The minimum Gasteiger partial charge on any atom is -0.490 e. The standard InChI is InChI=1S/C40H36N6O6/c1-40(2,24-4-9-28(10-5-24)51-30-13-16-35(41-23-30)45-19-3-18-42-45)25-6-11-29(12-7-25)52-31-20-27(21-31)43-26-8-14-32-33(22-26)39(50)46(38(32)49)34-15-17-36(47)44-37(34)48/h3-14,16,18-19,22-23,27,31,34,43H,15,17,20-21H2,1-2H3,(H,44,47,48)/t27-,31-,34?. The van der Waals surface area contributed by atoms with Crippen molar-refractivity contribution in [2.75, 3.05) is 5.32 Å². The Bertz CT molecular complexity index is 2160. The van der Waals surface area contributed by atoms with Crippen molar-refractivity contribution < 1.29 is 28.7 Å². The smallest absolute Gasteiger partial charge is 0.262 e. The fourth-order valence-electron chi connectivity index (χ4n) is 6.93. The Kier molecular flexibility index (Phi) is 8.29. The number of anilines is 1. The number of hydrogen-bond acceptors (Lipinski definition) is 9. The van der Waals surface area contributed by atoms with Crippen LogP contribution in [0.5, 0.6) is 17.2 Å². The Morgan fingerprint density at radius 1 is 0.827 bits per heavy atom. The van der Waals surface area contributed by atoms with Crippen LogP contribution in [-0.2, 0) is 15.0 Å². The average molecular weight is 697 g/mol. The van der Waals surface area contributed by atoms with Gasteiger partial charge in [-0.25, -0.2) is 9.67 Å². The second-order valence-corrected chi connectivity index (χ2v) is 13.8. The molecule has 1 saturated heterocycles. The highest BCUT2D eigenvalue weighted by atomic mass is 16.5. The molecule has 1 unspecified atom stereocenters. The van der Waals surface area contributed by atoms with Crippen LogP contribution in [0.4, 0.5) is 5.69 Å². The number of carbonyl (C=O) groups excluding carboxylic acids is 4. The van der Waals surface area contributed by atoms with E-state index in [-0.39, 0.29) is 41.5 Å². The van der Waals surface area contributed by atoms with Crippen molar-refractivity contribution in [1.82, 2.24) is 25.0 Å². The number of rotatable bonds is 10. The first-order valence-electron chi connectivity index (χ1n) is 17.3. The zero-order valence-corrected chi connectivity index (χ0v) is 28.6. The number of nitrogens with zero attached hydrogens (tertiary/aromatic N) is 4. The molecule has 4 amide bonds. The Morgan fingerprint density at radius 2 is 1.52 bits per heavy atom. The Labute approximate surface area is 299 Å². The highest BCUT2D eigenvalue weighted by Crippen LogP contribution is 2.36. The first-order chi connectivity index (χ1) is 25.1. The molecular weight excluding hydrogens is 660 g/mol. The van der Waals surface area contributed by atoms with E-state index < -0.39 is 29.7 Å². The van der Waals surface area contributed by atoms with E-state index in [1.54, 1.807) is 35.3 Å². The van der Waals surface area contributed by atoms with Gasteiger partial charge in [0.25, 0.3) is 11.8 Å². The van der Waals surface area contributed by atoms with Crippen molar-refractivity contribution in [2.24, 2.45) is 0 Å². The van der Waals surface area contributed by atoms with Crippen molar-refractivity contribution >= 4 is 29.3 Å². The van der Waals surface area contributed by atoms with Crippen LogP contribution in [0, 0.1) is 0 Å². The van der Waals surface area contributed by atoms with Gasteiger partial charge in [0, 0.05) is 48.8 Å². The number of piperidine rings is 1. The van der Waals surface area contributed by atoms with Gasteiger partial charge < -0.3 is 14.8 Å². The molecule has 0 radical (unpaired) electrons. The molecule has 2 fully saturated rings. The average Bonchev–Trinajstić information content (AvgIpc) is 3.75. The zero-order valence-electron chi connectivity index (χ0n) is 28.6. The summed E-state index contributed by atoms with van der Waals surface area (Å²) in [7, 11) is 0. The van der Waals surface area contributed by atoms with E-state index >= 15 is 0 Å². The van der Waals surface area contributed by atoms with E-state index in [9.17, 15) is 19.2 Å². The van der Waals surface area contributed by atoms with Crippen LogP contribution >= 0.6 is 0 Å². The molecule has 4 heterocycles. The number of aromatic nitrogens is 3. The molecule has 0 spiro atoms. The monoisotopic (exact) mass is 696 g/mol. The van der Waals surface area contributed by atoms with E-state index in [4.69, 9.17) is 9.47 Å². The van der Waals surface area contributed by atoms with Crippen LogP contribution in [0.3, 0.4) is 0 Å². The summed E-state index contributed by atoms with van der Waals surface area (Å²) in [6, 6.07) is 26.1. The van der Waals surface area contributed by atoms with E-state index in [1.807, 2.05) is 48.7 Å². The van der Waals surface area contributed by atoms with Crippen LogP contribution in [-0.4, -0.2) is 61.5 Å². The number of fused-ring (bicyclic) bond motifs is 1. The molecule has 2 N–H and O–H groups in total. The highest BCUT2D eigenvalue weighted by Gasteiger charge is 2.45. The summed E-state index contributed by atoms with van der Waals surface area (Å²) in [5, 5.41) is 9.86. The Morgan fingerprint density at radius 3 is 2.17 bits per heavy atom. The highest BCUT2D eigenvalue weighted by molar-refractivity contribution is 6.23. The lowest BCUT2D eigenvalue weighted by molar-refractivity contribution is -0.136. The SMILES string of the molecule is CC(C)(c1ccc(Oc2ccc(-n3cccn3)nc2)cc1)c1ccc(O[C@H]2C[C@H](Nc3ccc4c(c3)C(=O)N(C3CCC(=O)NC3=O)C4=O)C2)cc1. The van der Waals surface area contributed by atoms with Crippen molar-refractivity contribution in [3.8, 4) is 23.1 Å². The number of nitrogens with one attached hydrogen (secondary N) is 2. The first kappa shape index (κ1) is 32.9. The molecule has 52 heavy (non-hydrogen) atoms. The largest absolute Gasteiger partial charge is 0.490 e. The topological polar surface area (TPSA) is 145 Å². The summed E-state index contributed by atoms with van der Waals surface area (Å²) in [5.41, 5.74) is 3.28. The third-order valence-corrected chi connectivity index (χ3v) is 10.1. The molecule has 262 valence electrons. The maximum absolute atomic E-state index is 13.2. The van der Waals surface area contributed by atoms with E-state index in [0.29, 0.717) is 5.75 Å².